The molecule has 1 aliphatic heterocycles. The smallest absolute Gasteiger partial charge is 0.359 e. The van der Waals surface area contributed by atoms with E-state index in [0.29, 0.717) is 17.5 Å². The van der Waals surface area contributed by atoms with Gasteiger partial charge in [-0.2, -0.15) is 5.10 Å². The minimum atomic E-state index is -0.299. The maximum absolute atomic E-state index is 12.5. The molecule has 0 amide bonds. The molecule has 126 valence electrons. The molecule has 5 nitrogen and oxygen atoms in total. The van der Waals surface area contributed by atoms with Crippen LogP contribution in [0.3, 0.4) is 0 Å². The zero-order valence-electron chi connectivity index (χ0n) is 14.0. The summed E-state index contributed by atoms with van der Waals surface area (Å²) >= 11 is 0. The van der Waals surface area contributed by atoms with Crippen LogP contribution in [0, 0.1) is 11.3 Å². The number of esters is 1. The SMILES string of the molecule is CC1(C)[C@@H]2OCC[C@H]2[C@@H]1OC(=O)c1cc(C2CCCCC2)[nH]n1. The van der Waals surface area contributed by atoms with E-state index >= 15 is 0 Å². The molecule has 0 bridgehead atoms. The summed E-state index contributed by atoms with van der Waals surface area (Å²) in [5, 5.41) is 7.26. The number of rotatable bonds is 3. The lowest BCUT2D eigenvalue weighted by Crippen LogP contribution is -2.61. The summed E-state index contributed by atoms with van der Waals surface area (Å²) in [5.41, 5.74) is 1.41. The van der Waals surface area contributed by atoms with Crippen molar-refractivity contribution in [3.63, 3.8) is 0 Å². The Morgan fingerprint density at radius 2 is 2.09 bits per heavy atom. The number of carbonyl (C=O) groups excluding carboxylic acids is 1. The first-order valence-electron chi connectivity index (χ1n) is 8.95. The van der Waals surface area contributed by atoms with Crippen molar-refractivity contribution < 1.29 is 14.3 Å². The fourth-order valence-corrected chi connectivity index (χ4v) is 4.76. The van der Waals surface area contributed by atoms with Crippen molar-refractivity contribution in [3.05, 3.63) is 17.5 Å². The normalized spacial score (nSPS) is 33.0. The van der Waals surface area contributed by atoms with Gasteiger partial charge < -0.3 is 9.47 Å². The molecule has 23 heavy (non-hydrogen) atoms. The fourth-order valence-electron chi connectivity index (χ4n) is 4.76. The Balaban J connectivity index is 1.42. The van der Waals surface area contributed by atoms with Gasteiger partial charge in [0.15, 0.2) is 5.69 Å². The van der Waals surface area contributed by atoms with Gasteiger partial charge >= 0.3 is 5.97 Å². The number of hydrogen-bond acceptors (Lipinski definition) is 4. The zero-order valence-corrected chi connectivity index (χ0v) is 14.0. The van der Waals surface area contributed by atoms with E-state index in [0.717, 1.165) is 18.7 Å². The summed E-state index contributed by atoms with van der Waals surface area (Å²) < 4.78 is 11.6. The van der Waals surface area contributed by atoms with E-state index in [9.17, 15) is 4.79 Å². The number of aromatic amines is 1. The van der Waals surface area contributed by atoms with Gasteiger partial charge in [-0.15, -0.1) is 0 Å². The molecule has 1 N–H and O–H groups in total. The van der Waals surface area contributed by atoms with Crippen molar-refractivity contribution in [2.45, 2.75) is 70.5 Å². The van der Waals surface area contributed by atoms with Crippen LogP contribution in [0.15, 0.2) is 6.07 Å². The highest BCUT2D eigenvalue weighted by Gasteiger charge is 2.61. The molecule has 4 rings (SSSR count). The Morgan fingerprint density at radius 1 is 1.30 bits per heavy atom. The number of nitrogens with zero attached hydrogens (tertiary/aromatic N) is 1. The van der Waals surface area contributed by atoms with Crippen LogP contribution < -0.4 is 0 Å². The number of aromatic nitrogens is 2. The summed E-state index contributed by atoms with van der Waals surface area (Å²) in [6, 6.07) is 1.90. The topological polar surface area (TPSA) is 64.2 Å². The number of carbonyl (C=O) groups is 1. The molecule has 0 spiro atoms. The molecule has 2 aliphatic carbocycles. The highest BCUT2D eigenvalue weighted by molar-refractivity contribution is 5.87. The van der Waals surface area contributed by atoms with Crippen molar-refractivity contribution in [2.24, 2.45) is 11.3 Å². The van der Waals surface area contributed by atoms with Gasteiger partial charge in [0.05, 0.1) is 6.10 Å². The van der Waals surface area contributed by atoms with Crippen LogP contribution >= 0.6 is 0 Å². The third-order valence-corrected chi connectivity index (χ3v) is 6.08. The zero-order chi connectivity index (χ0) is 16.0. The van der Waals surface area contributed by atoms with E-state index in [2.05, 4.69) is 24.0 Å². The Bertz CT molecular complexity index is 589. The Hall–Kier alpha value is -1.36. The van der Waals surface area contributed by atoms with E-state index in [4.69, 9.17) is 9.47 Å². The Morgan fingerprint density at radius 3 is 2.87 bits per heavy atom. The van der Waals surface area contributed by atoms with Crippen LogP contribution in [0.2, 0.25) is 0 Å². The lowest BCUT2D eigenvalue weighted by Gasteiger charge is -2.52. The van der Waals surface area contributed by atoms with Gasteiger partial charge in [0.1, 0.15) is 6.10 Å². The molecule has 1 aromatic heterocycles. The summed E-state index contributed by atoms with van der Waals surface area (Å²) in [6.07, 6.45) is 7.39. The van der Waals surface area contributed by atoms with Gasteiger partial charge in [-0.3, -0.25) is 5.10 Å². The van der Waals surface area contributed by atoms with E-state index in [-0.39, 0.29) is 23.6 Å². The second-order valence-corrected chi connectivity index (χ2v) is 7.93. The van der Waals surface area contributed by atoms with Gasteiger partial charge in [0.25, 0.3) is 0 Å². The highest BCUT2D eigenvalue weighted by Crippen LogP contribution is 2.53. The van der Waals surface area contributed by atoms with Crippen LogP contribution in [0.5, 0.6) is 0 Å². The number of ether oxygens (including phenoxy) is 2. The molecule has 1 saturated heterocycles. The molecule has 2 heterocycles. The molecule has 0 radical (unpaired) electrons. The van der Waals surface area contributed by atoms with Gasteiger partial charge in [0.2, 0.25) is 0 Å². The average molecular weight is 318 g/mol. The quantitative estimate of drug-likeness (QED) is 0.867. The largest absolute Gasteiger partial charge is 0.457 e. The molecule has 0 unspecified atom stereocenters. The molecule has 3 atom stereocenters. The van der Waals surface area contributed by atoms with Crippen LogP contribution in [0.25, 0.3) is 0 Å². The van der Waals surface area contributed by atoms with Crippen molar-refractivity contribution in [1.82, 2.24) is 10.2 Å². The number of fused-ring (bicyclic) bond motifs is 1. The molecule has 0 aromatic carbocycles. The van der Waals surface area contributed by atoms with Crippen LogP contribution in [0.1, 0.15) is 74.5 Å². The highest BCUT2D eigenvalue weighted by atomic mass is 16.6. The third-order valence-electron chi connectivity index (χ3n) is 6.08. The first-order valence-corrected chi connectivity index (χ1v) is 8.95. The van der Waals surface area contributed by atoms with Crippen molar-refractivity contribution in [1.29, 1.82) is 0 Å². The number of hydrogen-bond donors (Lipinski definition) is 1. The molecular weight excluding hydrogens is 292 g/mol. The van der Waals surface area contributed by atoms with E-state index in [1.165, 1.54) is 32.1 Å². The lowest BCUT2D eigenvalue weighted by atomic mass is 9.59. The second-order valence-electron chi connectivity index (χ2n) is 7.93. The molecule has 2 saturated carbocycles. The van der Waals surface area contributed by atoms with Crippen molar-refractivity contribution in [2.75, 3.05) is 6.61 Å². The first-order chi connectivity index (χ1) is 11.1. The van der Waals surface area contributed by atoms with Gasteiger partial charge in [-0.05, 0) is 25.3 Å². The molecule has 1 aromatic rings. The van der Waals surface area contributed by atoms with E-state index < -0.39 is 0 Å². The third kappa shape index (κ3) is 2.49. The van der Waals surface area contributed by atoms with Crippen LogP contribution in [-0.4, -0.2) is 35.0 Å². The maximum atomic E-state index is 12.5. The number of nitrogens with one attached hydrogen (secondary N) is 1. The molecular formula is C18H26N2O3. The maximum Gasteiger partial charge on any atom is 0.359 e. The fraction of sp³-hybridized carbons (Fsp3) is 0.778. The summed E-state index contributed by atoms with van der Waals surface area (Å²) in [6.45, 7) is 5.02. The lowest BCUT2D eigenvalue weighted by molar-refractivity contribution is -0.183. The molecule has 3 fully saturated rings. The summed E-state index contributed by atoms with van der Waals surface area (Å²) in [5.74, 6) is 0.572. The van der Waals surface area contributed by atoms with Gasteiger partial charge in [-0.1, -0.05) is 33.1 Å². The summed E-state index contributed by atoms with van der Waals surface area (Å²) in [4.78, 5) is 12.5. The van der Waals surface area contributed by atoms with Crippen molar-refractivity contribution in [3.8, 4) is 0 Å². The van der Waals surface area contributed by atoms with E-state index in [1.54, 1.807) is 0 Å². The number of H-pyrrole nitrogens is 1. The van der Waals surface area contributed by atoms with Gasteiger partial charge in [0, 0.05) is 29.6 Å². The van der Waals surface area contributed by atoms with E-state index in [1.807, 2.05) is 6.07 Å². The minimum absolute atomic E-state index is 0.0580. The van der Waals surface area contributed by atoms with Crippen molar-refractivity contribution >= 4 is 5.97 Å². The minimum Gasteiger partial charge on any atom is -0.457 e. The predicted octanol–water partition coefficient (Wildman–Crippen LogP) is 3.43. The predicted molar refractivity (Wildman–Crippen MR) is 85.2 cm³/mol. The molecule has 3 aliphatic rings. The van der Waals surface area contributed by atoms with Crippen LogP contribution in [0.4, 0.5) is 0 Å². The Labute approximate surface area is 137 Å². The van der Waals surface area contributed by atoms with Crippen LogP contribution in [-0.2, 0) is 9.47 Å². The molecule has 5 heteroatoms. The summed E-state index contributed by atoms with van der Waals surface area (Å²) in [7, 11) is 0. The standard InChI is InChI=1S/C18H26N2O3/c1-18(2)15-12(8-9-22-15)16(18)23-17(21)14-10-13(19-20-14)11-6-4-3-5-7-11/h10-12,15-16H,3-9H2,1-2H3,(H,19,20)/t12-,15-,16+/m1/s1. The monoisotopic (exact) mass is 318 g/mol. The van der Waals surface area contributed by atoms with Gasteiger partial charge in [-0.25, -0.2) is 4.79 Å². The Kier molecular flexibility index (Phi) is 3.71. The average Bonchev–Trinajstić information content (AvgIpc) is 3.21. The second kappa shape index (κ2) is 5.62. The first kappa shape index (κ1) is 15.2.